The molecule has 1 aromatic rings. The first-order valence-electron chi connectivity index (χ1n) is 3.67. The number of pyridine rings is 1. The number of nitrogens with zero attached hydrogens (tertiary/aromatic N) is 1. The molecule has 0 atom stereocenters. The van der Waals surface area contributed by atoms with E-state index in [2.05, 4.69) is 9.72 Å². The molecular weight excluding hydrogens is 399 g/mol. The van der Waals surface area contributed by atoms with Crippen molar-refractivity contribution in [2.45, 2.75) is 11.4 Å². The largest absolute Gasteiger partial charge is 0.573 e. The first kappa shape index (κ1) is 14.6. The summed E-state index contributed by atoms with van der Waals surface area (Å²) in [4.78, 5) is 3.35. The van der Waals surface area contributed by atoms with E-state index >= 15 is 0 Å². The highest BCUT2D eigenvalue weighted by molar-refractivity contribution is 14.1. The molecule has 0 aliphatic heterocycles. The summed E-state index contributed by atoms with van der Waals surface area (Å²) in [5.41, 5.74) is 4.71. The lowest BCUT2D eigenvalue weighted by molar-refractivity contribution is -0.275. The lowest BCUT2D eigenvalue weighted by Crippen LogP contribution is -2.20. The van der Waals surface area contributed by atoms with Crippen LogP contribution < -0.4 is 10.5 Å². The lowest BCUT2D eigenvalue weighted by Gasteiger charge is -2.13. The van der Waals surface area contributed by atoms with Crippen LogP contribution in [0.5, 0.6) is 5.75 Å². The molecule has 1 rings (SSSR count). The number of rotatable bonds is 2. The van der Waals surface area contributed by atoms with E-state index in [1.54, 1.807) is 22.6 Å². The van der Waals surface area contributed by atoms with Crippen molar-refractivity contribution in [2.75, 3.05) is 5.73 Å². The Morgan fingerprint density at radius 1 is 1.47 bits per heavy atom. The highest BCUT2D eigenvalue weighted by Gasteiger charge is 2.36. The second-order valence-electron chi connectivity index (χ2n) is 2.65. The highest BCUT2D eigenvalue weighted by atomic mass is 127. The second kappa shape index (κ2) is 4.65. The molecule has 0 aliphatic rings. The Morgan fingerprint density at radius 2 is 2.00 bits per heavy atom. The Bertz CT molecular complexity index is 548. The van der Waals surface area contributed by atoms with Crippen LogP contribution in [0, 0.1) is 3.70 Å². The number of halogens is 5. The molecule has 0 fully saturated rings. The van der Waals surface area contributed by atoms with Crippen molar-refractivity contribution in [3.05, 3.63) is 9.77 Å². The summed E-state index contributed by atoms with van der Waals surface area (Å²) in [6.45, 7) is 0. The zero-order valence-corrected chi connectivity index (χ0v) is 11.4. The lowest BCUT2D eigenvalue weighted by atomic mass is 10.4. The molecule has 0 amide bonds. The van der Waals surface area contributed by atoms with E-state index in [1.807, 2.05) is 0 Å². The van der Waals surface area contributed by atoms with Gasteiger partial charge in [-0.1, -0.05) is 0 Å². The molecule has 2 N–H and O–H groups in total. The van der Waals surface area contributed by atoms with Crippen molar-refractivity contribution in [3.8, 4) is 5.75 Å². The van der Waals surface area contributed by atoms with Gasteiger partial charge in [0.05, 0.1) is 5.69 Å². The first-order valence-corrected chi connectivity index (χ1v) is 7.06. The van der Waals surface area contributed by atoms with Gasteiger partial charge in [-0.3, -0.25) is 0 Å². The third-order valence-electron chi connectivity index (χ3n) is 1.39. The monoisotopic (exact) mass is 402 g/mol. The van der Waals surface area contributed by atoms with E-state index in [-0.39, 0.29) is 3.70 Å². The van der Waals surface area contributed by atoms with Crippen LogP contribution in [-0.4, -0.2) is 19.8 Å². The van der Waals surface area contributed by atoms with Gasteiger partial charge in [0.2, 0.25) is 5.03 Å². The number of alkyl halides is 3. The van der Waals surface area contributed by atoms with Gasteiger partial charge in [0.15, 0.2) is 5.75 Å². The minimum Gasteiger partial charge on any atom is -0.400 e. The Morgan fingerprint density at radius 3 is 2.41 bits per heavy atom. The number of anilines is 1. The molecule has 0 saturated carbocycles. The normalized spacial score (nSPS) is 12.5. The molecule has 1 aromatic heterocycles. The Labute approximate surface area is 112 Å². The number of hydrogen-bond acceptors (Lipinski definition) is 5. The van der Waals surface area contributed by atoms with Crippen LogP contribution in [0.1, 0.15) is 0 Å². The van der Waals surface area contributed by atoms with Crippen LogP contribution in [-0.2, 0) is 9.05 Å². The molecule has 0 radical (unpaired) electrons. The average molecular weight is 403 g/mol. The van der Waals surface area contributed by atoms with Gasteiger partial charge in [-0.15, -0.1) is 13.2 Å². The van der Waals surface area contributed by atoms with E-state index in [4.69, 9.17) is 16.4 Å². The summed E-state index contributed by atoms with van der Waals surface area (Å²) >= 11 is 1.57. The number of nitrogens with two attached hydrogens (primary N) is 1. The van der Waals surface area contributed by atoms with E-state index in [9.17, 15) is 21.6 Å². The number of hydrogen-bond donors (Lipinski definition) is 1. The molecule has 1 heterocycles. The van der Waals surface area contributed by atoms with Gasteiger partial charge < -0.3 is 10.5 Å². The van der Waals surface area contributed by atoms with Gasteiger partial charge in [-0.2, -0.15) is 0 Å². The summed E-state index contributed by atoms with van der Waals surface area (Å²) in [6.07, 6.45) is -5.10. The second-order valence-corrected chi connectivity index (χ2v) is 6.24. The maximum absolute atomic E-state index is 12.0. The van der Waals surface area contributed by atoms with Crippen molar-refractivity contribution in [1.82, 2.24) is 4.98 Å². The van der Waals surface area contributed by atoms with Crippen LogP contribution in [0.15, 0.2) is 11.1 Å². The van der Waals surface area contributed by atoms with Gasteiger partial charge in [0.25, 0.3) is 9.05 Å². The number of ether oxygens (including phenoxy) is 1. The van der Waals surface area contributed by atoms with Gasteiger partial charge in [-0.25, -0.2) is 13.4 Å². The number of nitrogen functional groups attached to an aromatic ring is 1. The molecule has 17 heavy (non-hydrogen) atoms. The first-order chi connectivity index (χ1) is 7.50. The third-order valence-corrected chi connectivity index (χ3v) is 3.12. The zero-order chi connectivity index (χ0) is 13.4. The van der Waals surface area contributed by atoms with E-state index in [0.29, 0.717) is 0 Å². The standard InChI is InChI=1S/C6H3ClF3IN2O3S/c7-17(14,15)5-4(16-6(8,9)10)2(12)1-3(11)13-5/h1H,(H2,12,13). The highest BCUT2D eigenvalue weighted by Crippen LogP contribution is 2.35. The fourth-order valence-corrected chi connectivity index (χ4v) is 2.52. The smallest absolute Gasteiger partial charge is 0.400 e. The fourth-order valence-electron chi connectivity index (χ4n) is 0.881. The topological polar surface area (TPSA) is 82.3 Å². The van der Waals surface area contributed by atoms with Crippen molar-refractivity contribution in [2.24, 2.45) is 0 Å². The molecule has 5 nitrogen and oxygen atoms in total. The maximum atomic E-state index is 12.0. The summed E-state index contributed by atoms with van der Waals surface area (Å²) < 4.78 is 61.8. The van der Waals surface area contributed by atoms with Crippen LogP contribution in [0.3, 0.4) is 0 Å². The van der Waals surface area contributed by atoms with Crippen molar-refractivity contribution in [1.29, 1.82) is 0 Å². The quantitative estimate of drug-likeness (QED) is 0.465. The van der Waals surface area contributed by atoms with Gasteiger partial charge >= 0.3 is 6.36 Å². The Balaban J connectivity index is 3.47. The summed E-state index contributed by atoms with van der Waals surface area (Å²) in [5.74, 6) is -1.13. The fraction of sp³-hybridized carbons (Fsp3) is 0.167. The van der Waals surface area contributed by atoms with Crippen molar-refractivity contribution >= 4 is 48.0 Å². The summed E-state index contributed by atoms with van der Waals surface area (Å²) in [7, 11) is 0.440. The van der Waals surface area contributed by atoms with Gasteiger partial charge in [-0.05, 0) is 28.7 Å². The molecule has 0 saturated heterocycles. The maximum Gasteiger partial charge on any atom is 0.573 e. The van der Waals surface area contributed by atoms with Gasteiger partial charge in [0.1, 0.15) is 3.70 Å². The Hall–Kier alpha value is -0.490. The zero-order valence-electron chi connectivity index (χ0n) is 7.62. The molecule has 0 aromatic carbocycles. The van der Waals surface area contributed by atoms with Crippen LogP contribution >= 0.6 is 33.3 Å². The van der Waals surface area contributed by atoms with Crippen molar-refractivity contribution in [3.63, 3.8) is 0 Å². The number of aromatic nitrogens is 1. The van der Waals surface area contributed by atoms with Crippen LogP contribution in [0.2, 0.25) is 0 Å². The molecule has 11 heteroatoms. The predicted molar refractivity (Wildman–Crippen MR) is 61.1 cm³/mol. The summed E-state index contributed by atoms with van der Waals surface area (Å²) in [6, 6.07) is 1.02. The summed E-state index contributed by atoms with van der Waals surface area (Å²) in [5, 5.41) is -1.07. The van der Waals surface area contributed by atoms with E-state index in [0.717, 1.165) is 6.07 Å². The molecule has 0 spiro atoms. The predicted octanol–water partition coefficient (Wildman–Crippen LogP) is 2.09. The molecule has 0 bridgehead atoms. The SMILES string of the molecule is Nc1cc(I)nc(S(=O)(=O)Cl)c1OC(F)(F)F. The van der Waals surface area contributed by atoms with Crippen LogP contribution in [0.25, 0.3) is 0 Å². The minimum absolute atomic E-state index is 0.0637. The van der Waals surface area contributed by atoms with Crippen LogP contribution in [0.4, 0.5) is 18.9 Å². The molecular formula is C6H3ClF3IN2O3S. The Kier molecular flexibility index (Phi) is 3.98. The molecule has 96 valence electrons. The minimum atomic E-state index is -5.10. The van der Waals surface area contributed by atoms with E-state index in [1.165, 1.54) is 0 Å². The molecule has 0 aliphatic carbocycles. The van der Waals surface area contributed by atoms with E-state index < -0.39 is 31.9 Å². The average Bonchev–Trinajstić information content (AvgIpc) is 2.05. The molecule has 0 unspecified atom stereocenters. The third kappa shape index (κ3) is 4.03. The van der Waals surface area contributed by atoms with Crippen molar-refractivity contribution < 1.29 is 26.3 Å². The van der Waals surface area contributed by atoms with Gasteiger partial charge in [0, 0.05) is 10.7 Å².